The van der Waals surface area contributed by atoms with Gasteiger partial charge in [0.1, 0.15) is 0 Å². The molecular formula is C39H28BrNO4. The van der Waals surface area contributed by atoms with Crippen molar-refractivity contribution in [2.75, 3.05) is 5.32 Å². The zero-order valence-corrected chi connectivity index (χ0v) is 25.6. The number of fused-ring (bicyclic) bond motifs is 2. The second kappa shape index (κ2) is 11.1. The van der Waals surface area contributed by atoms with Crippen LogP contribution in [0.3, 0.4) is 0 Å². The predicted molar refractivity (Wildman–Crippen MR) is 178 cm³/mol. The van der Waals surface area contributed by atoms with E-state index in [1.165, 1.54) is 0 Å². The lowest BCUT2D eigenvalue weighted by Crippen LogP contribution is -2.49. The minimum absolute atomic E-state index is 0.312. The normalized spacial score (nSPS) is 23.6. The molecule has 4 atom stereocenters. The van der Waals surface area contributed by atoms with Crippen LogP contribution in [0.1, 0.15) is 22.3 Å². The average molecular weight is 655 g/mol. The van der Waals surface area contributed by atoms with Gasteiger partial charge >= 0.3 is 5.97 Å². The number of hydrogen-bond donors (Lipinski definition) is 2. The van der Waals surface area contributed by atoms with Crippen molar-refractivity contribution in [1.29, 1.82) is 0 Å². The minimum Gasteiger partial charge on any atom is -0.481 e. The van der Waals surface area contributed by atoms with Gasteiger partial charge < -0.3 is 10.4 Å². The van der Waals surface area contributed by atoms with Crippen molar-refractivity contribution in [3.63, 3.8) is 0 Å². The monoisotopic (exact) mass is 653 g/mol. The second-order valence-electron chi connectivity index (χ2n) is 11.4. The van der Waals surface area contributed by atoms with Crippen LogP contribution in [-0.4, -0.2) is 22.8 Å². The second-order valence-corrected chi connectivity index (χ2v) is 12.4. The first kappa shape index (κ1) is 28.7. The smallest absolute Gasteiger partial charge is 0.309 e. The molecule has 220 valence electrons. The topological polar surface area (TPSA) is 83.5 Å². The van der Waals surface area contributed by atoms with Crippen LogP contribution in [0.4, 0.5) is 5.69 Å². The Hall–Kier alpha value is -5.07. The Morgan fingerprint density at radius 1 is 0.578 bits per heavy atom. The molecular weight excluding hydrogens is 626 g/mol. The minimum atomic E-state index is -1.67. The maximum absolute atomic E-state index is 15.8. The quantitative estimate of drug-likeness (QED) is 0.188. The molecule has 1 amide bonds. The van der Waals surface area contributed by atoms with Crippen LogP contribution < -0.4 is 5.32 Å². The first-order valence-electron chi connectivity index (χ1n) is 14.7. The van der Waals surface area contributed by atoms with E-state index in [0.717, 1.165) is 15.6 Å². The molecule has 0 spiro atoms. The number of amides is 1. The number of rotatable bonds is 7. The van der Waals surface area contributed by atoms with Crippen LogP contribution >= 0.6 is 15.9 Å². The van der Waals surface area contributed by atoms with E-state index in [0.29, 0.717) is 28.0 Å². The van der Waals surface area contributed by atoms with Crippen molar-refractivity contribution in [3.8, 4) is 0 Å². The highest BCUT2D eigenvalue weighted by Crippen LogP contribution is 2.72. The standard InChI is InChI=1S/C39H28BrNO4/c40-29-21-23-30(24-22-29)41-35(42)33-34(36(43)44)39(28-19-11-4-12-20-28)32(26-15-7-2-8-16-26)31(25-13-5-1-6-14-25)38(33,37(39)45)27-17-9-3-10-18-27/h1-24,33-34H,(H,41,42)(H,43,44). The molecule has 2 N–H and O–H groups in total. The molecule has 45 heavy (non-hydrogen) atoms. The van der Waals surface area contributed by atoms with Gasteiger partial charge in [-0.15, -0.1) is 0 Å². The fourth-order valence-corrected chi connectivity index (χ4v) is 7.98. The van der Waals surface area contributed by atoms with E-state index < -0.39 is 34.5 Å². The van der Waals surface area contributed by atoms with E-state index in [9.17, 15) is 14.7 Å². The van der Waals surface area contributed by atoms with E-state index in [2.05, 4.69) is 21.2 Å². The number of aliphatic carboxylic acids is 1. The van der Waals surface area contributed by atoms with Gasteiger partial charge in [-0.05, 0) is 57.7 Å². The molecule has 5 nitrogen and oxygen atoms in total. The number of carbonyl (C=O) groups is 3. The van der Waals surface area contributed by atoms with Crippen LogP contribution in [0, 0.1) is 11.8 Å². The number of carboxylic acid groups (broad SMARTS) is 1. The molecule has 5 aromatic rings. The molecule has 0 aliphatic heterocycles. The first-order chi connectivity index (χ1) is 21.9. The first-order valence-corrected chi connectivity index (χ1v) is 15.5. The van der Waals surface area contributed by atoms with E-state index in [-0.39, 0.29) is 5.78 Å². The molecule has 2 aliphatic carbocycles. The third-order valence-corrected chi connectivity index (χ3v) is 9.79. The third kappa shape index (κ3) is 4.16. The van der Waals surface area contributed by atoms with Gasteiger partial charge in [0.25, 0.3) is 0 Å². The Bertz CT molecular complexity index is 1940. The summed E-state index contributed by atoms with van der Waals surface area (Å²) < 4.78 is 0.838. The molecule has 6 heteroatoms. The summed E-state index contributed by atoms with van der Waals surface area (Å²) in [5, 5.41) is 14.2. The zero-order chi connectivity index (χ0) is 31.2. The SMILES string of the molecule is O=C(O)C1C(C(=O)Nc2ccc(Br)cc2)C2(c3ccccc3)C(=O)C1(c1ccccc1)C(c1ccccc1)=C2c1ccccc1. The molecule has 0 aromatic heterocycles. The number of ketones is 1. The summed E-state index contributed by atoms with van der Waals surface area (Å²) in [5.41, 5.74) is 1.13. The van der Waals surface area contributed by atoms with Crippen molar-refractivity contribution in [3.05, 3.63) is 172 Å². The predicted octanol–water partition coefficient (Wildman–Crippen LogP) is 7.79. The maximum atomic E-state index is 15.8. The Kier molecular flexibility index (Phi) is 7.10. The molecule has 1 saturated carbocycles. The molecule has 2 bridgehead atoms. The molecule has 0 radical (unpaired) electrons. The lowest BCUT2D eigenvalue weighted by atomic mass is 9.58. The Morgan fingerprint density at radius 2 is 0.978 bits per heavy atom. The number of benzene rings is 5. The van der Waals surface area contributed by atoms with Gasteiger partial charge in [0.05, 0.1) is 22.7 Å². The van der Waals surface area contributed by atoms with Gasteiger partial charge in [-0.1, -0.05) is 137 Å². The summed E-state index contributed by atoms with van der Waals surface area (Å²) in [6, 6.07) is 44.5. The highest BCUT2D eigenvalue weighted by Gasteiger charge is 2.80. The number of carboxylic acids is 1. The molecule has 4 unspecified atom stereocenters. The molecule has 7 rings (SSSR count). The highest BCUT2D eigenvalue weighted by atomic mass is 79.9. The van der Waals surface area contributed by atoms with Crippen LogP contribution in [0.5, 0.6) is 0 Å². The number of anilines is 1. The van der Waals surface area contributed by atoms with Crippen molar-refractivity contribution in [2.24, 2.45) is 11.8 Å². The van der Waals surface area contributed by atoms with Crippen LogP contribution in [-0.2, 0) is 25.2 Å². The van der Waals surface area contributed by atoms with Crippen molar-refractivity contribution in [2.45, 2.75) is 10.8 Å². The Balaban J connectivity index is 1.65. The number of carbonyl (C=O) groups excluding carboxylic acids is 2. The summed E-state index contributed by atoms with van der Waals surface area (Å²) in [7, 11) is 0. The number of halogens is 1. The van der Waals surface area contributed by atoms with Gasteiger partial charge in [0.2, 0.25) is 5.91 Å². The lowest BCUT2D eigenvalue weighted by Gasteiger charge is -2.42. The molecule has 2 aliphatic rings. The van der Waals surface area contributed by atoms with Crippen molar-refractivity contribution in [1.82, 2.24) is 0 Å². The van der Waals surface area contributed by atoms with Gasteiger partial charge in [-0.25, -0.2) is 0 Å². The number of hydrogen-bond acceptors (Lipinski definition) is 3. The fraction of sp³-hybridized carbons (Fsp3) is 0.103. The lowest BCUT2D eigenvalue weighted by molar-refractivity contribution is -0.147. The zero-order valence-electron chi connectivity index (χ0n) is 24.1. The van der Waals surface area contributed by atoms with Gasteiger partial charge in [0, 0.05) is 10.2 Å². The maximum Gasteiger partial charge on any atom is 0.309 e. The Morgan fingerprint density at radius 3 is 1.40 bits per heavy atom. The van der Waals surface area contributed by atoms with Gasteiger partial charge in [-0.3, -0.25) is 14.4 Å². The highest BCUT2D eigenvalue weighted by molar-refractivity contribution is 9.10. The van der Waals surface area contributed by atoms with Crippen LogP contribution in [0.15, 0.2) is 150 Å². The summed E-state index contributed by atoms with van der Waals surface area (Å²) in [6.45, 7) is 0. The number of nitrogens with one attached hydrogen (secondary N) is 1. The molecule has 5 aromatic carbocycles. The fourth-order valence-electron chi connectivity index (χ4n) is 7.72. The van der Waals surface area contributed by atoms with Crippen LogP contribution in [0.2, 0.25) is 0 Å². The number of allylic oxidation sites excluding steroid dienone is 2. The van der Waals surface area contributed by atoms with Gasteiger partial charge in [-0.2, -0.15) is 0 Å². The van der Waals surface area contributed by atoms with Gasteiger partial charge in [0.15, 0.2) is 5.78 Å². The summed E-state index contributed by atoms with van der Waals surface area (Å²) in [4.78, 5) is 44.3. The van der Waals surface area contributed by atoms with Crippen molar-refractivity contribution >= 4 is 50.4 Å². The summed E-state index contributed by atoms with van der Waals surface area (Å²) >= 11 is 3.43. The average Bonchev–Trinajstić information content (AvgIpc) is 3.47. The molecule has 0 saturated heterocycles. The molecule has 0 heterocycles. The van der Waals surface area contributed by atoms with E-state index in [1.54, 1.807) is 24.3 Å². The third-order valence-electron chi connectivity index (χ3n) is 9.26. The van der Waals surface area contributed by atoms with Crippen LogP contribution in [0.25, 0.3) is 11.1 Å². The molecule has 1 fully saturated rings. The summed E-state index contributed by atoms with van der Waals surface area (Å²) in [5.74, 6) is -4.74. The van der Waals surface area contributed by atoms with E-state index in [1.807, 2.05) is 121 Å². The Labute approximate surface area is 269 Å². The van der Waals surface area contributed by atoms with E-state index >= 15 is 4.79 Å². The van der Waals surface area contributed by atoms with Crippen molar-refractivity contribution < 1.29 is 19.5 Å². The largest absolute Gasteiger partial charge is 0.481 e. The number of Topliss-reactive ketones (excluding diaryl/α,β-unsaturated/α-hetero) is 1. The van der Waals surface area contributed by atoms with E-state index in [4.69, 9.17) is 0 Å². The summed E-state index contributed by atoms with van der Waals surface area (Å²) in [6.07, 6.45) is 0.